The lowest BCUT2D eigenvalue weighted by Gasteiger charge is -2.10. The number of rotatable bonds is 15. The van der Waals surface area contributed by atoms with Crippen LogP contribution in [0.4, 0.5) is 0 Å². The molecule has 0 N–H and O–H groups in total. The molecule has 0 saturated heterocycles. The lowest BCUT2D eigenvalue weighted by Crippen LogP contribution is -2.06. The van der Waals surface area contributed by atoms with Crippen molar-refractivity contribution in [3.63, 3.8) is 0 Å². The second-order valence-corrected chi connectivity index (χ2v) is 7.11. The molecular weight excluding hydrogens is 270 g/mol. The fourth-order valence-electron chi connectivity index (χ4n) is 3.24. The molecule has 1 heterocycles. The van der Waals surface area contributed by atoms with E-state index in [1.165, 1.54) is 83.5 Å². The van der Waals surface area contributed by atoms with Crippen LogP contribution in [0.2, 0.25) is 0 Å². The summed E-state index contributed by atoms with van der Waals surface area (Å²) in [5, 5.41) is 0. The van der Waals surface area contributed by atoms with Gasteiger partial charge >= 0.3 is 0 Å². The van der Waals surface area contributed by atoms with Gasteiger partial charge in [-0.2, -0.15) is 0 Å². The summed E-state index contributed by atoms with van der Waals surface area (Å²) in [6.45, 7) is 6.31. The molecule has 1 aliphatic rings. The molecule has 0 aromatic heterocycles. The maximum Gasteiger partial charge on any atom is 0.183 e. The fourth-order valence-corrected chi connectivity index (χ4v) is 3.24. The molecule has 0 amide bonds. The maximum absolute atomic E-state index is 5.49. The average Bonchev–Trinajstić information content (AvgIpc) is 3.01. The second kappa shape index (κ2) is 14.1. The Hall–Kier alpha value is -0.530. The predicted molar refractivity (Wildman–Crippen MR) is 97.7 cm³/mol. The molecule has 22 heavy (non-hydrogen) atoms. The highest BCUT2D eigenvalue weighted by Crippen LogP contribution is 2.17. The molecule has 0 aromatic carbocycles. The Morgan fingerprint density at radius 3 is 1.91 bits per heavy atom. The van der Waals surface area contributed by atoms with E-state index in [0.29, 0.717) is 0 Å². The van der Waals surface area contributed by atoms with Crippen molar-refractivity contribution in [1.29, 1.82) is 0 Å². The van der Waals surface area contributed by atoms with Gasteiger partial charge in [-0.25, -0.2) is 0 Å². The van der Waals surface area contributed by atoms with Crippen LogP contribution in [-0.2, 0) is 4.74 Å². The van der Waals surface area contributed by atoms with Crippen molar-refractivity contribution >= 4 is 5.90 Å². The number of aliphatic imine (C=N–C) groups is 1. The number of unbranched alkanes of at least 4 members (excludes halogenated alkanes) is 11. The first kappa shape index (κ1) is 19.5. The van der Waals surface area contributed by atoms with Crippen LogP contribution >= 0.6 is 0 Å². The molecule has 2 heteroatoms. The third kappa shape index (κ3) is 11.1. The third-order valence-corrected chi connectivity index (χ3v) is 4.72. The summed E-state index contributed by atoms with van der Waals surface area (Å²) in [7, 11) is 0. The number of ether oxygens (including phenoxy) is 1. The van der Waals surface area contributed by atoms with E-state index in [1.54, 1.807) is 0 Å². The van der Waals surface area contributed by atoms with Gasteiger partial charge in [0.05, 0.1) is 6.54 Å². The third-order valence-electron chi connectivity index (χ3n) is 4.72. The highest BCUT2D eigenvalue weighted by atomic mass is 16.5. The summed E-state index contributed by atoms with van der Waals surface area (Å²) >= 11 is 0. The zero-order valence-electron chi connectivity index (χ0n) is 15.2. The minimum absolute atomic E-state index is 0.736. The Morgan fingerprint density at radius 1 is 0.864 bits per heavy atom. The molecule has 130 valence electrons. The standard InChI is InChI=1S/C20H39NO/c1-3-4-5-6-7-8-9-10-11-12-13-14-15-19(2)18-20-21-16-17-22-20/h19H,3-18H2,1-2H3. The molecular formula is C20H39NO. The SMILES string of the molecule is CCCCCCCCCCCCCCC(C)CC1=NCCO1. The fraction of sp³-hybridized carbons (Fsp3) is 0.950. The zero-order chi connectivity index (χ0) is 15.9. The summed E-state index contributed by atoms with van der Waals surface area (Å²) in [5.41, 5.74) is 0. The smallest absolute Gasteiger partial charge is 0.183 e. The normalized spacial score (nSPS) is 15.6. The van der Waals surface area contributed by atoms with E-state index in [1.807, 2.05) is 0 Å². The van der Waals surface area contributed by atoms with E-state index in [4.69, 9.17) is 4.74 Å². The Morgan fingerprint density at radius 2 is 1.41 bits per heavy atom. The number of hydrogen-bond acceptors (Lipinski definition) is 2. The van der Waals surface area contributed by atoms with Crippen molar-refractivity contribution in [3.8, 4) is 0 Å². The van der Waals surface area contributed by atoms with Crippen LogP contribution in [0.5, 0.6) is 0 Å². The molecule has 0 saturated carbocycles. The average molecular weight is 310 g/mol. The van der Waals surface area contributed by atoms with Gasteiger partial charge in [0, 0.05) is 6.42 Å². The molecule has 0 fully saturated rings. The zero-order valence-corrected chi connectivity index (χ0v) is 15.2. The summed E-state index contributed by atoms with van der Waals surface area (Å²) in [6.07, 6.45) is 19.6. The summed E-state index contributed by atoms with van der Waals surface area (Å²) in [4.78, 5) is 4.38. The van der Waals surface area contributed by atoms with Crippen molar-refractivity contribution in [2.45, 2.75) is 104 Å². The van der Waals surface area contributed by atoms with Crippen LogP contribution in [0, 0.1) is 5.92 Å². The lowest BCUT2D eigenvalue weighted by molar-refractivity contribution is 0.327. The summed E-state index contributed by atoms with van der Waals surface area (Å²) in [6, 6.07) is 0. The molecule has 0 radical (unpaired) electrons. The van der Waals surface area contributed by atoms with Crippen LogP contribution in [-0.4, -0.2) is 19.0 Å². The van der Waals surface area contributed by atoms with E-state index < -0.39 is 0 Å². The van der Waals surface area contributed by atoms with Gasteiger partial charge in [-0.3, -0.25) is 4.99 Å². The number of nitrogens with zero attached hydrogens (tertiary/aromatic N) is 1. The first-order valence-electron chi connectivity index (χ1n) is 9.99. The van der Waals surface area contributed by atoms with Gasteiger partial charge in [-0.1, -0.05) is 97.3 Å². The van der Waals surface area contributed by atoms with E-state index in [2.05, 4.69) is 18.8 Å². The monoisotopic (exact) mass is 309 g/mol. The number of hydrogen-bond donors (Lipinski definition) is 0. The van der Waals surface area contributed by atoms with Crippen LogP contribution in [0.1, 0.15) is 104 Å². The Balaban J connectivity index is 1.76. The van der Waals surface area contributed by atoms with Gasteiger partial charge in [-0.05, 0) is 5.92 Å². The van der Waals surface area contributed by atoms with Crippen molar-refractivity contribution < 1.29 is 4.74 Å². The highest BCUT2D eigenvalue weighted by molar-refractivity contribution is 5.77. The molecule has 1 atom stereocenters. The molecule has 0 spiro atoms. The molecule has 0 aromatic rings. The van der Waals surface area contributed by atoms with E-state index >= 15 is 0 Å². The Bertz CT molecular complexity index is 275. The van der Waals surface area contributed by atoms with Crippen LogP contribution in [0.3, 0.4) is 0 Å². The quantitative estimate of drug-likeness (QED) is 0.315. The molecule has 1 aliphatic heterocycles. The minimum Gasteiger partial charge on any atom is -0.479 e. The van der Waals surface area contributed by atoms with Crippen molar-refractivity contribution in [2.24, 2.45) is 10.9 Å². The Kier molecular flexibility index (Phi) is 12.5. The Labute approximate surface area is 139 Å². The molecule has 1 rings (SSSR count). The van der Waals surface area contributed by atoms with Crippen molar-refractivity contribution in [1.82, 2.24) is 0 Å². The van der Waals surface area contributed by atoms with Crippen LogP contribution in [0.15, 0.2) is 4.99 Å². The van der Waals surface area contributed by atoms with E-state index in [9.17, 15) is 0 Å². The first-order chi connectivity index (χ1) is 10.8. The first-order valence-corrected chi connectivity index (χ1v) is 9.99. The molecule has 0 bridgehead atoms. The minimum atomic E-state index is 0.736. The van der Waals surface area contributed by atoms with Gasteiger partial charge in [0.2, 0.25) is 0 Å². The molecule has 1 unspecified atom stereocenters. The largest absolute Gasteiger partial charge is 0.479 e. The van der Waals surface area contributed by atoms with Gasteiger partial charge in [0.15, 0.2) is 5.90 Å². The topological polar surface area (TPSA) is 21.6 Å². The van der Waals surface area contributed by atoms with Crippen LogP contribution in [0.25, 0.3) is 0 Å². The van der Waals surface area contributed by atoms with E-state index in [-0.39, 0.29) is 0 Å². The van der Waals surface area contributed by atoms with E-state index in [0.717, 1.165) is 31.4 Å². The van der Waals surface area contributed by atoms with Gasteiger partial charge in [-0.15, -0.1) is 0 Å². The maximum atomic E-state index is 5.49. The highest BCUT2D eigenvalue weighted by Gasteiger charge is 2.11. The molecule has 2 nitrogen and oxygen atoms in total. The summed E-state index contributed by atoms with van der Waals surface area (Å²) in [5.74, 6) is 1.74. The van der Waals surface area contributed by atoms with Crippen LogP contribution < -0.4 is 0 Å². The van der Waals surface area contributed by atoms with Gasteiger partial charge in [0.1, 0.15) is 6.61 Å². The molecule has 0 aliphatic carbocycles. The van der Waals surface area contributed by atoms with Gasteiger partial charge in [0.25, 0.3) is 0 Å². The second-order valence-electron chi connectivity index (χ2n) is 7.11. The lowest BCUT2D eigenvalue weighted by atomic mass is 9.98. The van der Waals surface area contributed by atoms with Crippen molar-refractivity contribution in [2.75, 3.05) is 13.2 Å². The van der Waals surface area contributed by atoms with Gasteiger partial charge < -0.3 is 4.74 Å². The predicted octanol–water partition coefficient (Wildman–Crippen LogP) is 6.53. The van der Waals surface area contributed by atoms with Crippen molar-refractivity contribution in [3.05, 3.63) is 0 Å². The summed E-state index contributed by atoms with van der Waals surface area (Å²) < 4.78 is 5.49.